The number of ether oxygens (including phenoxy) is 1. The zero-order valence-electron chi connectivity index (χ0n) is 12.0. The van der Waals surface area contributed by atoms with E-state index in [9.17, 15) is 4.79 Å². The lowest BCUT2D eigenvalue weighted by Gasteiger charge is -2.35. The molecule has 0 spiro atoms. The van der Waals surface area contributed by atoms with Crippen LogP contribution in [0.15, 0.2) is 22.7 Å². The smallest absolute Gasteiger partial charge is 0.317 e. The fourth-order valence-corrected chi connectivity index (χ4v) is 2.78. The van der Waals surface area contributed by atoms with E-state index in [-0.39, 0.29) is 18.2 Å². The van der Waals surface area contributed by atoms with Crippen LogP contribution >= 0.6 is 15.9 Å². The summed E-state index contributed by atoms with van der Waals surface area (Å²) in [6, 6.07) is 5.98. The predicted molar refractivity (Wildman–Crippen MR) is 81.2 cm³/mol. The molecule has 1 heterocycles. The van der Waals surface area contributed by atoms with Crippen LogP contribution in [0.2, 0.25) is 0 Å². The van der Waals surface area contributed by atoms with E-state index >= 15 is 0 Å². The van der Waals surface area contributed by atoms with Gasteiger partial charge in [0.05, 0.1) is 6.54 Å². The molecule has 2 rings (SSSR count). The van der Waals surface area contributed by atoms with Gasteiger partial charge in [-0.1, -0.05) is 15.9 Å². The van der Waals surface area contributed by atoms with Gasteiger partial charge in [-0.2, -0.15) is 0 Å². The van der Waals surface area contributed by atoms with Gasteiger partial charge in [0.1, 0.15) is 11.9 Å². The second kappa shape index (κ2) is 5.74. The summed E-state index contributed by atoms with van der Waals surface area (Å²) < 4.78 is 6.95. The molecule has 0 aromatic heterocycles. The third-order valence-corrected chi connectivity index (χ3v) is 3.96. The van der Waals surface area contributed by atoms with Gasteiger partial charge in [0.15, 0.2) is 0 Å². The van der Waals surface area contributed by atoms with Gasteiger partial charge in [0, 0.05) is 23.0 Å². The van der Waals surface area contributed by atoms with E-state index in [1.165, 1.54) is 5.56 Å². The standard InChI is InChI=1S/C15H20BrNO3/c1-15(2,3)17(9-14(18)19)8-12-7-10-6-11(16)4-5-13(10)20-12/h4-6,12H,7-9H2,1-3H3,(H,18,19). The highest BCUT2D eigenvalue weighted by Gasteiger charge is 2.30. The highest BCUT2D eigenvalue weighted by molar-refractivity contribution is 9.10. The molecule has 5 heteroatoms. The number of carboxylic acids is 1. The van der Waals surface area contributed by atoms with Crippen LogP contribution < -0.4 is 4.74 Å². The minimum absolute atomic E-state index is 0.0119. The van der Waals surface area contributed by atoms with Crippen LogP contribution in [0.1, 0.15) is 26.3 Å². The van der Waals surface area contributed by atoms with Crippen LogP contribution in [0.25, 0.3) is 0 Å². The average Bonchev–Trinajstić information content (AvgIpc) is 2.67. The number of hydrogen-bond acceptors (Lipinski definition) is 3. The summed E-state index contributed by atoms with van der Waals surface area (Å²) in [6.45, 7) is 6.71. The molecule has 0 amide bonds. The molecule has 0 fully saturated rings. The maximum Gasteiger partial charge on any atom is 0.317 e. The van der Waals surface area contributed by atoms with Crippen molar-refractivity contribution in [3.8, 4) is 5.75 Å². The highest BCUT2D eigenvalue weighted by Crippen LogP contribution is 2.32. The fraction of sp³-hybridized carbons (Fsp3) is 0.533. The van der Waals surface area contributed by atoms with Crippen LogP contribution in [-0.4, -0.2) is 40.7 Å². The first-order chi connectivity index (χ1) is 9.25. The Labute approximate surface area is 127 Å². The topological polar surface area (TPSA) is 49.8 Å². The van der Waals surface area contributed by atoms with E-state index in [0.29, 0.717) is 6.54 Å². The molecular weight excluding hydrogens is 322 g/mol. The van der Waals surface area contributed by atoms with E-state index < -0.39 is 5.97 Å². The molecule has 1 atom stereocenters. The molecule has 1 aliphatic heterocycles. The summed E-state index contributed by atoms with van der Waals surface area (Å²) >= 11 is 3.46. The molecule has 1 aromatic rings. The first-order valence-corrected chi connectivity index (χ1v) is 7.47. The number of carbonyl (C=O) groups is 1. The van der Waals surface area contributed by atoms with Crippen LogP contribution in [0.5, 0.6) is 5.75 Å². The van der Waals surface area contributed by atoms with Gasteiger partial charge in [-0.25, -0.2) is 0 Å². The van der Waals surface area contributed by atoms with Gasteiger partial charge >= 0.3 is 5.97 Å². The maximum absolute atomic E-state index is 11.0. The Hall–Kier alpha value is -1.07. The molecule has 0 saturated heterocycles. The lowest BCUT2D eigenvalue weighted by Crippen LogP contribution is -2.48. The number of benzene rings is 1. The summed E-state index contributed by atoms with van der Waals surface area (Å²) in [6.07, 6.45) is 0.832. The number of hydrogen-bond donors (Lipinski definition) is 1. The third kappa shape index (κ3) is 3.73. The van der Waals surface area contributed by atoms with Gasteiger partial charge in [0.25, 0.3) is 0 Å². The summed E-state index contributed by atoms with van der Waals surface area (Å²) in [5.74, 6) is 0.0977. The van der Waals surface area contributed by atoms with Gasteiger partial charge in [-0.15, -0.1) is 0 Å². The first kappa shape index (κ1) is 15.3. The molecule has 20 heavy (non-hydrogen) atoms. The Morgan fingerprint density at radius 1 is 1.50 bits per heavy atom. The van der Waals surface area contributed by atoms with Crippen molar-refractivity contribution in [1.29, 1.82) is 0 Å². The fourth-order valence-electron chi connectivity index (χ4n) is 2.38. The molecule has 1 unspecified atom stereocenters. The van der Waals surface area contributed by atoms with Crippen LogP contribution in [0.3, 0.4) is 0 Å². The lowest BCUT2D eigenvalue weighted by molar-refractivity contribution is -0.140. The van der Waals surface area contributed by atoms with Crippen LogP contribution in [-0.2, 0) is 11.2 Å². The van der Waals surface area contributed by atoms with Crippen molar-refractivity contribution in [2.24, 2.45) is 0 Å². The molecule has 1 N–H and O–H groups in total. The average molecular weight is 342 g/mol. The van der Waals surface area contributed by atoms with E-state index in [4.69, 9.17) is 9.84 Å². The van der Waals surface area contributed by atoms with Crippen molar-refractivity contribution in [2.75, 3.05) is 13.1 Å². The molecule has 4 nitrogen and oxygen atoms in total. The van der Waals surface area contributed by atoms with Crippen molar-refractivity contribution in [3.05, 3.63) is 28.2 Å². The lowest BCUT2D eigenvalue weighted by atomic mass is 10.0. The Morgan fingerprint density at radius 2 is 2.20 bits per heavy atom. The third-order valence-electron chi connectivity index (χ3n) is 3.46. The molecule has 0 radical (unpaired) electrons. The SMILES string of the molecule is CC(C)(C)N(CC(=O)O)CC1Cc2cc(Br)ccc2O1. The largest absolute Gasteiger partial charge is 0.488 e. The number of aliphatic carboxylic acids is 1. The molecular formula is C15H20BrNO3. The Balaban J connectivity index is 2.05. The van der Waals surface area contributed by atoms with E-state index in [0.717, 1.165) is 16.6 Å². The summed E-state index contributed by atoms with van der Waals surface area (Å²) in [7, 11) is 0. The van der Waals surface area contributed by atoms with E-state index in [1.54, 1.807) is 0 Å². The van der Waals surface area contributed by atoms with Crippen molar-refractivity contribution < 1.29 is 14.6 Å². The quantitative estimate of drug-likeness (QED) is 0.914. The number of rotatable bonds is 4. The molecule has 0 aliphatic carbocycles. The number of carboxylic acid groups (broad SMARTS) is 1. The number of nitrogens with zero attached hydrogens (tertiary/aromatic N) is 1. The van der Waals surface area contributed by atoms with Crippen LogP contribution in [0, 0.1) is 0 Å². The minimum atomic E-state index is -0.807. The summed E-state index contributed by atoms with van der Waals surface area (Å²) in [5.41, 5.74) is 0.977. The second-order valence-electron chi connectivity index (χ2n) is 6.14. The Morgan fingerprint density at radius 3 is 2.80 bits per heavy atom. The van der Waals surface area contributed by atoms with Gasteiger partial charge < -0.3 is 9.84 Å². The summed E-state index contributed by atoms with van der Waals surface area (Å²) in [4.78, 5) is 12.9. The zero-order valence-corrected chi connectivity index (χ0v) is 13.6. The van der Waals surface area contributed by atoms with Gasteiger partial charge in [0.2, 0.25) is 0 Å². The van der Waals surface area contributed by atoms with Gasteiger partial charge in [-0.3, -0.25) is 9.69 Å². The highest BCUT2D eigenvalue weighted by atomic mass is 79.9. The van der Waals surface area contributed by atoms with Crippen LogP contribution in [0.4, 0.5) is 0 Å². The minimum Gasteiger partial charge on any atom is -0.488 e. The predicted octanol–water partition coefficient (Wildman–Crippen LogP) is 2.94. The molecule has 1 aliphatic rings. The summed E-state index contributed by atoms with van der Waals surface area (Å²) in [5, 5.41) is 9.04. The van der Waals surface area contributed by atoms with Crippen molar-refractivity contribution in [1.82, 2.24) is 4.90 Å². The Kier molecular flexibility index (Phi) is 4.39. The normalized spacial score (nSPS) is 17.9. The second-order valence-corrected chi connectivity index (χ2v) is 7.06. The van der Waals surface area contributed by atoms with Crippen molar-refractivity contribution in [3.63, 3.8) is 0 Å². The van der Waals surface area contributed by atoms with E-state index in [1.807, 2.05) is 37.8 Å². The number of fused-ring (bicyclic) bond motifs is 1. The van der Waals surface area contributed by atoms with Crippen molar-refractivity contribution in [2.45, 2.75) is 38.8 Å². The maximum atomic E-state index is 11.0. The number of halogens is 1. The van der Waals surface area contributed by atoms with E-state index in [2.05, 4.69) is 22.0 Å². The molecule has 1 aromatic carbocycles. The monoisotopic (exact) mass is 341 g/mol. The van der Waals surface area contributed by atoms with Gasteiger partial charge in [-0.05, 0) is 44.5 Å². The first-order valence-electron chi connectivity index (χ1n) is 6.67. The molecule has 110 valence electrons. The molecule has 0 saturated carbocycles. The molecule has 0 bridgehead atoms. The Bertz CT molecular complexity index is 510. The van der Waals surface area contributed by atoms with Crippen molar-refractivity contribution >= 4 is 21.9 Å². The zero-order chi connectivity index (χ0) is 14.9.